The Labute approximate surface area is 271 Å². The predicted molar refractivity (Wildman–Crippen MR) is 181 cm³/mol. The first-order valence-corrected chi connectivity index (χ1v) is 16.1. The number of oxime groups is 2. The van der Waals surface area contributed by atoms with Crippen LogP contribution in [-0.2, 0) is 20.2 Å². The van der Waals surface area contributed by atoms with Gasteiger partial charge in [0.25, 0.3) is 0 Å². The van der Waals surface area contributed by atoms with Gasteiger partial charge in [0.15, 0.2) is 17.3 Å². The molecule has 0 saturated carbocycles. The Morgan fingerprint density at radius 3 is 1.57 bits per heavy atom. The van der Waals surface area contributed by atoms with Crippen molar-refractivity contribution in [2.75, 3.05) is 5.32 Å². The molecule has 0 spiro atoms. The minimum absolute atomic E-state index is 0.00157. The summed E-state index contributed by atoms with van der Waals surface area (Å²) in [4.78, 5) is 0.229. The maximum absolute atomic E-state index is 14.5. The summed E-state index contributed by atoms with van der Waals surface area (Å²) in [6, 6.07) is 39.2. The number of anilines is 2. The quantitative estimate of drug-likeness (QED) is 0.0551. The fourth-order valence-electron chi connectivity index (χ4n) is 5.57. The van der Waals surface area contributed by atoms with Crippen LogP contribution in [0.1, 0.15) is 34.2 Å². The van der Waals surface area contributed by atoms with E-state index in [-0.39, 0.29) is 33.7 Å². The molecular weight excluding hydrogens is 614 g/mol. The van der Waals surface area contributed by atoms with Crippen molar-refractivity contribution in [3.05, 3.63) is 166 Å². The number of rotatable bonds is 9. The largest absolute Gasteiger partial charge is 0.476 e. The molecule has 47 heavy (non-hydrogen) atoms. The third-order valence-corrected chi connectivity index (χ3v) is 9.91. The molecule has 1 heterocycles. The van der Waals surface area contributed by atoms with Crippen LogP contribution in [0.4, 0.5) is 11.4 Å². The lowest BCUT2D eigenvalue weighted by Gasteiger charge is -2.31. The molecule has 0 aromatic heterocycles. The normalized spacial score (nSPS) is 14.9. The second-order valence-electron chi connectivity index (χ2n) is 10.9. The van der Waals surface area contributed by atoms with Crippen molar-refractivity contribution in [1.82, 2.24) is 0 Å². The molecular formula is C36H31N5O5S. The third-order valence-electron chi connectivity index (χ3n) is 8.04. The van der Waals surface area contributed by atoms with E-state index in [1.807, 2.05) is 60.7 Å². The molecule has 1 aliphatic rings. The molecule has 0 amide bonds. The number of nitrogens with two attached hydrogens (primary N) is 2. The maximum Gasteiger partial charge on any atom is 0.206 e. The summed E-state index contributed by atoms with van der Waals surface area (Å²) in [7, 11) is -4.07. The monoisotopic (exact) mass is 645 g/mol. The highest BCUT2D eigenvalue weighted by atomic mass is 32.2. The summed E-state index contributed by atoms with van der Waals surface area (Å²) in [5.74, 6) is 0.150. The molecule has 0 saturated heterocycles. The van der Waals surface area contributed by atoms with E-state index in [9.17, 15) is 8.42 Å². The van der Waals surface area contributed by atoms with Gasteiger partial charge in [0.05, 0.1) is 9.80 Å². The van der Waals surface area contributed by atoms with E-state index in [2.05, 4.69) is 15.6 Å². The van der Waals surface area contributed by atoms with Gasteiger partial charge in [-0.05, 0) is 48.5 Å². The number of sulfone groups is 1. The fourth-order valence-corrected chi connectivity index (χ4v) is 7.15. The molecule has 7 N–H and O–H groups in total. The average Bonchev–Trinajstić information content (AvgIpc) is 3.55. The Hall–Kier alpha value is -6.07. The zero-order chi connectivity index (χ0) is 33.0. The first-order chi connectivity index (χ1) is 22.7. The zero-order valence-corrected chi connectivity index (χ0v) is 25.8. The summed E-state index contributed by atoms with van der Waals surface area (Å²) in [5.41, 5.74) is 14.9. The van der Waals surface area contributed by atoms with Crippen LogP contribution in [0.15, 0.2) is 154 Å². The predicted octanol–water partition coefficient (Wildman–Crippen LogP) is 6.13. The van der Waals surface area contributed by atoms with Gasteiger partial charge >= 0.3 is 0 Å². The van der Waals surface area contributed by atoms with Gasteiger partial charge in [-0.3, -0.25) is 0 Å². The van der Waals surface area contributed by atoms with Crippen LogP contribution >= 0.6 is 0 Å². The summed E-state index contributed by atoms with van der Waals surface area (Å²) in [6.07, 6.45) is 0.0489. The molecule has 0 bridgehead atoms. The molecule has 0 unspecified atom stereocenters. The van der Waals surface area contributed by atoms with E-state index >= 15 is 0 Å². The lowest BCUT2D eigenvalue weighted by molar-refractivity contribution is 0.101. The van der Waals surface area contributed by atoms with Gasteiger partial charge in [0, 0.05) is 45.6 Å². The molecule has 5 aromatic rings. The number of nitrogens with zero attached hydrogens (tertiary/aromatic N) is 2. The van der Waals surface area contributed by atoms with Gasteiger partial charge in [-0.15, -0.1) is 0 Å². The molecule has 0 atom stereocenters. The number of amidine groups is 2. The fraction of sp³-hybridized carbons (Fsp3) is 0.0556. The van der Waals surface area contributed by atoms with Crippen LogP contribution < -0.4 is 16.8 Å². The SMILES string of the molecule is NC(=NO)c1ccc(Nc2ccc(S(=O)(=O)C3=C(c4ccc(C(N)=NO)cc4)OC(c4ccccc4)(c4ccccc4)C3)cc2)cc1. The highest BCUT2D eigenvalue weighted by molar-refractivity contribution is 7.95. The topological polar surface area (TPSA) is 173 Å². The smallest absolute Gasteiger partial charge is 0.206 e. The Bertz CT molecular complexity index is 2040. The third kappa shape index (κ3) is 5.99. The molecule has 0 aliphatic carbocycles. The Balaban J connectivity index is 1.41. The van der Waals surface area contributed by atoms with Crippen LogP contribution in [0.25, 0.3) is 5.76 Å². The van der Waals surface area contributed by atoms with Crippen molar-refractivity contribution in [1.29, 1.82) is 0 Å². The Morgan fingerprint density at radius 1 is 0.660 bits per heavy atom. The molecule has 10 nitrogen and oxygen atoms in total. The van der Waals surface area contributed by atoms with Gasteiger partial charge in [-0.25, -0.2) is 8.42 Å². The van der Waals surface area contributed by atoms with E-state index in [1.54, 1.807) is 72.8 Å². The lowest BCUT2D eigenvalue weighted by atomic mass is 9.84. The first-order valence-electron chi connectivity index (χ1n) is 14.6. The van der Waals surface area contributed by atoms with Gasteiger partial charge in [-0.2, -0.15) is 0 Å². The molecule has 236 valence electrons. The standard InChI is InChI=1S/C36H31N5O5S/c37-34(40-42)25-13-11-24(12-14-25)33-32(23-36(46-33,27-7-3-1-4-8-27)28-9-5-2-6-10-28)47(44,45)31-21-19-30(20-22-31)39-29-17-15-26(16-18-29)35(38)41-43/h1-22,39,42-43H,23H2,(H2,37,40)(H2,38,41). The summed E-state index contributed by atoms with van der Waals surface area (Å²) >= 11 is 0. The van der Waals surface area contributed by atoms with Crippen molar-refractivity contribution in [3.63, 3.8) is 0 Å². The highest BCUT2D eigenvalue weighted by Gasteiger charge is 2.48. The molecule has 11 heteroatoms. The van der Waals surface area contributed by atoms with Gasteiger partial charge in [0.1, 0.15) is 5.76 Å². The Kier molecular flexibility index (Phi) is 8.38. The summed E-state index contributed by atoms with van der Waals surface area (Å²) in [5, 5.41) is 27.3. The van der Waals surface area contributed by atoms with Crippen molar-refractivity contribution in [2.24, 2.45) is 21.8 Å². The van der Waals surface area contributed by atoms with Crippen LogP contribution in [0, 0.1) is 0 Å². The van der Waals surface area contributed by atoms with Crippen molar-refractivity contribution in [2.45, 2.75) is 16.9 Å². The van der Waals surface area contributed by atoms with Crippen LogP contribution in [0.3, 0.4) is 0 Å². The number of benzene rings is 5. The van der Waals surface area contributed by atoms with Crippen molar-refractivity contribution >= 4 is 38.6 Å². The molecule has 1 aliphatic heterocycles. The lowest BCUT2D eigenvalue weighted by Crippen LogP contribution is -2.27. The van der Waals surface area contributed by atoms with Gasteiger partial charge in [0.2, 0.25) is 9.84 Å². The molecule has 0 fully saturated rings. The summed E-state index contributed by atoms with van der Waals surface area (Å²) < 4.78 is 35.9. The average molecular weight is 646 g/mol. The van der Waals surface area contributed by atoms with E-state index in [1.165, 1.54) is 0 Å². The van der Waals surface area contributed by atoms with E-state index < -0.39 is 15.4 Å². The second-order valence-corrected chi connectivity index (χ2v) is 12.8. The van der Waals surface area contributed by atoms with Crippen LogP contribution in [0.2, 0.25) is 0 Å². The highest BCUT2D eigenvalue weighted by Crippen LogP contribution is 2.52. The second kappa shape index (κ2) is 12.7. The number of ether oxygens (including phenoxy) is 1. The molecule has 0 radical (unpaired) electrons. The molecule has 5 aromatic carbocycles. The van der Waals surface area contributed by atoms with E-state index in [0.29, 0.717) is 22.4 Å². The number of hydrogen-bond acceptors (Lipinski definition) is 8. The van der Waals surface area contributed by atoms with Crippen molar-refractivity contribution in [3.8, 4) is 0 Å². The van der Waals surface area contributed by atoms with Crippen LogP contribution in [0.5, 0.6) is 0 Å². The number of nitrogens with one attached hydrogen (secondary N) is 1. The first kappa shape index (κ1) is 30.9. The molecule has 6 rings (SSSR count). The maximum atomic E-state index is 14.5. The minimum atomic E-state index is -4.07. The van der Waals surface area contributed by atoms with E-state index in [0.717, 1.165) is 16.8 Å². The minimum Gasteiger partial charge on any atom is -0.476 e. The number of hydrogen-bond donors (Lipinski definition) is 5. The van der Waals surface area contributed by atoms with Gasteiger partial charge < -0.3 is 31.9 Å². The van der Waals surface area contributed by atoms with E-state index in [4.69, 9.17) is 26.6 Å². The van der Waals surface area contributed by atoms with Crippen molar-refractivity contribution < 1.29 is 23.6 Å². The summed E-state index contributed by atoms with van der Waals surface area (Å²) in [6.45, 7) is 0. The van der Waals surface area contributed by atoms with Crippen LogP contribution in [-0.4, -0.2) is 30.5 Å². The Morgan fingerprint density at radius 2 is 1.11 bits per heavy atom. The zero-order valence-electron chi connectivity index (χ0n) is 25.0. The van der Waals surface area contributed by atoms with Gasteiger partial charge in [-0.1, -0.05) is 95.2 Å².